The zero-order valence-corrected chi connectivity index (χ0v) is 10.4. The molecular formula is C9H11N3O6S. The Labute approximate surface area is 110 Å². The van der Waals surface area contributed by atoms with E-state index in [2.05, 4.69) is 9.44 Å². The van der Waals surface area contributed by atoms with Crippen LogP contribution in [0.3, 0.4) is 0 Å². The van der Waals surface area contributed by atoms with E-state index in [4.69, 9.17) is 4.52 Å². The van der Waals surface area contributed by atoms with Crippen molar-refractivity contribution in [1.29, 1.82) is 0 Å². The summed E-state index contributed by atoms with van der Waals surface area (Å²) in [6, 6.07) is 0.284. The topological polar surface area (TPSA) is 116 Å². The second-order valence-corrected chi connectivity index (χ2v) is 5.38. The molecular weight excluding hydrogens is 278 g/mol. The van der Waals surface area contributed by atoms with Gasteiger partial charge >= 0.3 is 7.46 Å². The zero-order chi connectivity index (χ0) is 13.6. The summed E-state index contributed by atoms with van der Waals surface area (Å²) in [6.45, 7) is 0.297. The third-order valence-corrected chi connectivity index (χ3v) is 3.64. The third kappa shape index (κ3) is 2.17. The molecule has 19 heavy (non-hydrogen) atoms. The third-order valence-electron chi connectivity index (χ3n) is 3.29. The maximum Gasteiger partial charge on any atom is 1.00 e. The van der Waals surface area contributed by atoms with Crippen molar-refractivity contribution in [2.45, 2.75) is 24.9 Å². The normalized spacial score (nSPS) is 27.1. The quantitative estimate of drug-likeness (QED) is 0.573. The summed E-state index contributed by atoms with van der Waals surface area (Å²) < 4.78 is 40.8. The second-order valence-electron chi connectivity index (χ2n) is 4.41. The molecule has 0 N–H and O–H groups in total. The van der Waals surface area contributed by atoms with Gasteiger partial charge in [-0.2, -0.15) is 9.35 Å². The van der Waals surface area contributed by atoms with Crippen molar-refractivity contribution >= 4 is 16.4 Å². The SMILES string of the molecule is O=C1N2C[C@@H](CC[C@H]2c2ccon2)N1OS(=O)(=O)[O-].[H+]. The Morgan fingerprint density at radius 2 is 2.32 bits per heavy atom. The highest BCUT2D eigenvalue weighted by atomic mass is 32.3. The Balaban J connectivity index is 0.00000147. The molecule has 0 spiro atoms. The summed E-state index contributed by atoms with van der Waals surface area (Å²) in [5.74, 6) is 0. The molecule has 3 rings (SSSR count). The minimum absolute atomic E-state index is 0. The zero-order valence-electron chi connectivity index (χ0n) is 10.6. The van der Waals surface area contributed by atoms with Crippen molar-refractivity contribution in [3.05, 3.63) is 18.0 Å². The van der Waals surface area contributed by atoms with Crippen LogP contribution in [0.15, 0.2) is 16.9 Å². The minimum Gasteiger partial charge on any atom is -0.724 e. The molecule has 0 saturated carbocycles. The number of hydroxylamine groups is 2. The van der Waals surface area contributed by atoms with Crippen molar-refractivity contribution in [2.24, 2.45) is 0 Å². The summed E-state index contributed by atoms with van der Waals surface area (Å²) in [6.07, 6.45) is 2.52. The van der Waals surface area contributed by atoms with Gasteiger partial charge in [-0.3, -0.25) is 0 Å². The van der Waals surface area contributed by atoms with E-state index in [9.17, 15) is 17.8 Å². The molecule has 104 valence electrons. The molecule has 2 aliphatic heterocycles. The molecule has 2 fully saturated rings. The van der Waals surface area contributed by atoms with Crippen LogP contribution in [0.1, 0.15) is 26.0 Å². The Bertz CT molecular complexity index is 591. The molecule has 0 radical (unpaired) electrons. The van der Waals surface area contributed by atoms with Gasteiger partial charge in [0.25, 0.3) is 0 Å². The number of urea groups is 1. The molecule has 0 aromatic carbocycles. The molecule has 2 bridgehead atoms. The first-order valence-corrected chi connectivity index (χ1v) is 6.94. The van der Waals surface area contributed by atoms with Gasteiger partial charge in [0.15, 0.2) is 0 Å². The summed E-state index contributed by atoms with van der Waals surface area (Å²) in [4.78, 5) is 13.5. The van der Waals surface area contributed by atoms with Gasteiger partial charge < -0.3 is 14.0 Å². The summed E-state index contributed by atoms with van der Waals surface area (Å²) in [5.41, 5.74) is 0.596. The van der Waals surface area contributed by atoms with Crippen molar-refractivity contribution in [3.63, 3.8) is 0 Å². The van der Waals surface area contributed by atoms with Crippen LogP contribution >= 0.6 is 0 Å². The summed E-state index contributed by atoms with van der Waals surface area (Å²) in [5, 5.41) is 4.42. The van der Waals surface area contributed by atoms with E-state index < -0.39 is 22.5 Å². The predicted molar refractivity (Wildman–Crippen MR) is 58.1 cm³/mol. The molecule has 2 aliphatic rings. The predicted octanol–water partition coefficient (Wildman–Crippen LogP) is 0.120. The molecule has 2 amide bonds. The number of nitrogens with zero attached hydrogens (tertiary/aromatic N) is 3. The van der Waals surface area contributed by atoms with Gasteiger partial charge in [0.1, 0.15) is 12.0 Å². The Morgan fingerprint density at radius 1 is 1.53 bits per heavy atom. The lowest BCUT2D eigenvalue weighted by Crippen LogP contribution is -2.35. The van der Waals surface area contributed by atoms with E-state index >= 15 is 0 Å². The number of hydrogen-bond donors (Lipinski definition) is 0. The van der Waals surface area contributed by atoms with Crippen LogP contribution in [0.5, 0.6) is 0 Å². The minimum atomic E-state index is -4.96. The molecule has 9 nitrogen and oxygen atoms in total. The molecule has 3 heterocycles. The molecule has 2 saturated heterocycles. The van der Waals surface area contributed by atoms with E-state index in [1.165, 1.54) is 11.2 Å². The first-order chi connectivity index (χ1) is 8.96. The lowest BCUT2D eigenvalue weighted by Gasteiger charge is -2.28. The lowest BCUT2D eigenvalue weighted by atomic mass is 9.99. The monoisotopic (exact) mass is 289 g/mol. The van der Waals surface area contributed by atoms with E-state index in [0.29, 0.717) is 30.1 Å². The van der Waals surface area contributed by atoms with Gasteiger partial charge in [0.05, 0.1) is 12.1 Å². The van der Waals surface area contributed by atoms with Gasteiger partial charge in [0, 0.05) is 12.6 Å². The number of rotatable bonds is 3. The first kappa shape index (κ1) is 12.4. The average molecular weight is 289 g/mol. The van der Waals surface area contributed by atoms with Crippen LogP contribution in [0.2, 0.25) is 0 Å². The van der Waals surface area contributed by atoms with E-state index in [1.807, 2.05) is 0 Å². The van der Waals surface area contributed by atoms with E-state index in [1.54, 1.807) is 6.07 Å². The molecule has 2 atom stereocenters. The smallest absolute Gasteiger partial charge is 0.724 e. The van der Waals surface area contributed by atoms with Crippen LogP contribution in [0.25, 0.3) is 0 Å². The van der Waals surface area contributed by atoms with Crippen LogP contribution in [0, 0.1) is 0 Å². The number of amides is 2. The van der Waals surface area contributed by atoms with Gasteiger partial charge in [-0.05, 0) is 12.8 Å². The van der Waals surface area contributed by atoms with Crippen molar-refractivity contribution < 1.29 is 28.0 Å². The highest BCUT2D eigenvalue weighted by Gasteiger charge is 2.47. The number of carbonyl (C=O) groups is 1. The van der Waals surface area contributed by atoms with E-state index in [0.717, 1.165) is 0 Å². The van der Waals surface area contributed by atoms with Crippen molar-refractivity contribution in [3.8, 4) is 0 Å². The molecule has 1 aromatic heterocycles. The fraction of sp³-hybridized carbons (Fsp3) is 0.556. The maximum absolute atomic E-state index is 12.0. The van der Waals surface area contributed by atoms with Gasteiger partial charge in [-0.25, -0.2) is 13.2 Å². The number of piperidine rings is 1. The number of hydrogen-bond acceptors (Lipinski definition) is 7. The number of aromatic nitrogens is 1. The highest BCUT2D eigenvalue weighted by Crippen LogP contribution is 2.37. The second kappa shape index (κ2) is 4.18. The van der Waals surface area contributed by atoms with Crippen LogP contribution in [0.4, 0.5) is 4.79 Å². The molecule has 0 unspecified atom stereocenters. The van der Waals surface area contributed by atoms with Crippen molar-refractivity contribution in [2.75, 3.05) is 6.54 Å². The Kier molecular flexibility index (Phi) is 2.73. The van der Waals surface area contributed by atoms with Crippen LogP contribution < -0.4 is 0 Å². The van der Waals surface area contributed by atoms with Crippen LogP contribution in [-0.4, -0.2) is 46.7 Å². The lowest BCUT2D eigenvalue weighted by molar-refractivity contribution is -0.0328. The standard InChI is InChI=1S/C9H11N3O6S/c13-9-11-5-6(12(9)18-19(14,15)16)1-2-8(11)7-3-4-17-10-7/h3-4,6,8H,1-2,5H2,(H,14,15,16)/t6-,8+/m1/s1. The molecule has 0 aliphatic carbocycles. The Hall–Kier alpha value is -1.65. The van der Waals surface area contributed by atoms with Gasteiger partial charge in [-0.1, -0.05) is 5.16 Å². The van der Waals surface area contributed by atoms with Crippen LogP contribution in [-0.2, 0) is 14.7 Å². The first-order valence-electron chi connectivity index (χ1n) is 5.61. The average Bonchev–Trinajstić information content (AvgIpc) is 2.93. The number of fused-ring (bicyclic) bond motifs is 2. The van der Waals surface area contributed by atoms with Gasteiger partial charge in [-0.15, -0.1) is 0 Å². The summed E-state index contributed by atoms with van der Waals surface area (Å²) >= 11 is 0. The van der Waals surface area contributed by atoms with Gasteiger partial charge in [0.2, 0.25) is 10.4 Å². The fourth-order valence-corrected chi connectivity index (χ4v) is 2.91. The Morgan fingerprint density at radius 3 is 2.95 bits per heavy atom. The highest BCUT2D eigenvalue weighted by molar-refractivity contribution is 7.80. The van der Waals surface area contributed by atoms with E-state index in [-0.39, 0.29) is 7.47 Å². The number of carbonyl (C=O) groups excluding carboxylic acids is 1. The molecule has 1 aromatic rings. The fourth-order valence-electron chi connectivity index (χ4n) is 2.53. The van der Waals surface area contributed by atoms with Crippen molar-refractivity contribution in [1.82, 2.24) is 15.1 Å². The maximum atomic E-state index is 12.0. The molecule has 10 heteroatoms. The summed E-state index contributed by atoms with van der Waals surface area (Å²) in [7, 11) is -4.96. The largest absolute Gasteiger partial charge is 1.00 e.